The van der Waals surface area contributed by atoms with Gasteiger partial charge in [-0.25, -0.2) is 9.37 Å². The normalized spacial score (nSPS) is 14.9. The van der Waals surface area contributed by atoms with Gasteiger partial charge in [-0.15, -0.1) is 22.7 Å². The number of halogens is 2. The number of hydrogen-bond donors (Lipinski definition) is 0. The number of benzene rings is 1. The third-order valence-corrected chi connectivity index (χ3v) is 7.00. The average Bonchev–Trinajstić information content (AvgIpc) is 3.24. The van der Waals surface area contributed by atoms with Crippen LogP contribution in [0, 0.1) is 5.82 Å². The molecule has 4 rings (SSSR count). The quantitative estimate of drug-likeness (QED) is 0.582. The lowest BCUT2D eigenvalue weighted by molar-refractivity contribution is -0.130. The standard InChI is InChI=1S/C20H19ClFN3OS2/c21-18-7-6-17(28-18)20-23-15(13-27-20)12-19(26)25-9-1-8-24(10-11-25)16-4-2-14(22)3-5-16/h2-7,13H,1,8-12H2. The Labute approximate surface area is 176 Å². The molecule has 0 atom stereocenters. The van der Waals surface area contributed by atoms with Crippen LogP contribution in [-0.4, -0.2) is 42.0 Å². The van der Waals surface area contributed by atoms with Crippen molar-refractivity contribution in [1.82, 2.24) is 9.88 Å². The number of hydrogen-bond acceptors (Lipinski definition) is 5. The summed E-state index contributed by atoms with van der Waals surface area (Å²) in [6.45, 7) is 2.99. The fourth-order valence-electron chi connectivity index (χ4n) is 3.27. The van der Waals surface area contributed by atoms with E-state index in [0.717, 1.165) is 51.7 Å². The average molecular weight is 436 g/mol. The predicted molar refractivity (Wildman–Crippen MR) is 114 cm³/mol. The smallest absolute Gasteiger partial charge is 0.228 e. The molecule has 0 unspecified atom stereocenters. The van der Waals surface area contributed by atoms with E-state index in [2.05, 4.69) is 9.88 Å². The third kappa shape index (κ3) is 4.54. The van der Waals surface area contributed by atoms with Gasteiger partial charge in [0.2, 0.25) is 5.91 Å². The van der Waals surface area contributed by atoms with Gasteiger partial charge < -0.3 is 9.80 Å². The summed E-state index contributed by atoms with van der Waals surface area (Å²) in [5, 5.41) is 2.85. The second kappa shape index (κ2) is 8.59. The first-order valence-electron chi connectivity index (χ1n) is 9.07. The summed E-state index contributed by atoms with van der Waals surface area (Å²) in [5.41, 5.74) is 1.80. The number of anilines is 1. The van der Waals surface area contributed by atoms with E-state index in [1.54, 1.807) is 12.1 Å². The van der Waals surface area contributed by atoms with Crippen LogP contribution in [0.15, 0.2) is 41.8 Å². The predicted octanol–water partition coefficient (Wildman–Crippen LogP) is 4.95. The summed E-state index contributed by atoms with van der Waals surface area (Å²) in [6.07, 6.45) is 1.20. The van der Waals surface area contributed by atoms with Crippen molar-refractivity contribution in [3.63, 3.8) is 0 Å². The Morgan fingerprint density at radius 2 is 1.93 bits per heavy atom. The Morgan fingerprint density at radius 1 is 1.11 bits per heavy atom. The number of carbonyl (C=O) groups is 1. The Morgan fingerprint density at radius 3 is 2.68 bits per heavy atom. The van der Waals surface area contributed by atoms with Crippen LogP contribution in [-0.2, 0) is 11.2 Å². The molecule has 1 aliphatic rings. The second-order valence-corrected chi connectivity index (χ2v) is 9.20. The van der Waals surface area contributed by atoms with Crippen molar-refractivity contribution in [2.24, 2.45) is 0 Å². The Hall–Kier alpha value is -1.96. The van der Waals surface area contributed by atoms with Crippen molar-refractivity contribution < 1.29 is 9.18 Å². The number of thiophene rings is 1. The topological polar surface area (TPSA) is 36.4 Å². The summed E-state index contributed by atoms with van der Waals surface area (Å²) in [4.78, 5) is 22.5. The second-order valence-electron chi connectivity index (χ2n) is 6.62. The van der Waals surface area contributed by atoms with Gasteiger partial charge in [0.15, 0.2) is 0 Å². The van der Waals surface area contributed by atoms with Gasteiger partial charge in [-0.05, 0) is 42.8 Å². The fourth-order valence-corrected chi connectivity index (χ4v) is 5.21. The molecule has 3 aromatic rings. The van der Waals surface area contributed by atoms with Gasteiger partial charge in [-0.1, -0.05) is 11.6 Å². The lowest BCUT2D eigenvalue weighted by Gasteiger charge is -2.23. The van der Waals surface area contributed by atoms with Crippen molar-refractivity contribution in [3.8, 4) is 9.88 Å². The van der Waals surface area contributed by atoms with Crippen LogP contribution in [0.2, 0.25) is 4.34 Å². The van der Waals surface area contributed by atoms with Crippen LogP contribution in [0.25, 0.3) is 9.88 Å². The van der Waals surface area contributed by atoms with Gasteiger partial charge >= 0.3 is 0 Å². The summed E-state index contributed by atoms with van der Waals surface area (Å²) in [7, 11) is 0. The molecule has 8 heteroatoms. The molecule has 1 aromatic carbocycles. The molecular weight excluding hydrogens is 417 g/mol. The maximum absolute atomic E-state index is 13.1. The van der Waals surface area contributed by atoms with E-state index in [-0.39, 0.29) is 11.7 Å². The molecule has 0 bridgehead atoms. The van der Waals surface area contributed by atoms with E-state index in [0.29, 0.717) is 13.0 Å². The summed E-state index contributed by atoms with van der Waals surface area (Å²) >= 11 is 9.02. The zero-order valence-corrected chi connectivity index (χ0v) is 17.5. The van der Waals surface area contributed by atoms with Gasteiger partial charge in [0.1, 0.15) is 10.8 Å². The molecule has 146 valence electrons. The first kappa shape index (κ1) is 19.4. The maximum Gasteiger partial charge on any atom is 0.228 e. The first-order valence-corrected chi connectivity index (χ1v) is 11.1. The number of rotatable bonds is 4. The molecule has 0 spiro atoms. The minimum atomic E-state index is -0.233. The van der Waals surface area contributed by atoms with Crippen LogP contribution in [0.3, 0.4) is 0 Å². The fraction of sp³-hybridized carbons (Fsp3) is 0.300. The number of nitrogens with zero attached hydrogens (tertiary/aromatic N) is 3. The highest BCUT2D eigenvalue weighted by Crippen LogP contribution is 2.33. The molecule has 2 aromatic heterocycles. The molecule has 0 aliphatic carbocycles. The van der Waals surface area contributed by atoms with Gasteiger partial charge in [0.05, 0.1) is 21.3 Å². The summed E-state index contributed by atoms with van der Waals surface area (Å²) in [6, 6.07) is 10.3. The van der Waals surface area contributed by atoms with Crippen molar-refractivity contribution in [2.75, 3.05) is 31.1 Å². The van der Waals surface area contributed by atoms with E-state index in [1.807, 2.05) is 22.4 Å². The highest BCUT2D eigenvalue weighted by molar-refractivity contribution is 7.23. The molecule has 0 saturated carbocycles. The number of carbonyl (C=O) groups excluding carboxylic acids is 1. The number of aromatic nitrogens is 1. The molecule has 1 amide bonds. The molecule has 0 N–H and O–H groups in total. The van der Waals surface area contributed by atoms with Gasteiger partial charge in [0.25, 0.3) is 0 Å². The Kier molecular flexibility index (Phi) is 5.94. The largest absolute Gasteiger partial charge is 0.370 e. The number of amides is 1. The summed E-state index contributed by atoms with van der Waals surface area (Å²) < 4.78 is 13.9. The van der Waals surface area contributed by atoms with Crippen LogP contribution in [0.4, 0.5) is 10.1 Å². The van der Waals surface area contributed by atoms with E-state index >= 15 is 0 Å². The van der Waals surface area contributed by atoms with Gasteiger partial charge in [-0.2, -0.15) is 0 Å². The molecule has 0 radical (unpaired) electrons. The highest BCUT2D eigenvalue weighted by Gasteiger charge is 2.20. The van der Waals surface area contributed by atoms with Crippen molar-refractivity contribution >= 4 is 45.9 Å². The molecule has 4 nitrogen and oxygen atoms in total. The lowest BCUT2D eigenvalue weighted by Crippen LogP contribution is -2.36. The van der Waals surface area contributed by atoms with Crippen LogP contribution in [0.5, 0.6) is 0 Å². The van der Waals surface area contributed by atoms with Crippen LogP contribution >= 0.6 is 34.3 Å². The van der Waals surface area contributed by atoms with Crippen LogP contribution in [0.1, 0.15) is 12.1 Å². The van der Waals surface area contributed by atoms with Crippen molar-refractivity contribution in [3.05, 3.63) is 57.6 Å². The molecule has 1 aliphatic heterocycles. The minimum absolute atomic E-state index is 0.0991. The molecule has 1 saturated heterocycles. The van der Waals surface area contributed by atoms with Crippen molar-refractivity contribution in [2.45, 2.75) is 12.8 Å². The van der Waals surface area contributed by atoms with E-state index in [1.165, 1.54) is 34.8 Å². The first-order chi connectivity index (χ1) is 13.6. The zero-order chi connectivity index (χ0) is 19.5. The van der Waals surface area contributed by atoms with Crippen molar-refractivity contribution in [1.29, 1.82) is 0 Å². The Bertz CT molecular complexity index is 957. The molecular formula is C20H19ClFN3OS2. The maximum atomic E-state index is 13.1. The minimum Gasteiger partial charge on any atom is -0.370 e. The van der Waals surface area contributed by atoms with E-state index in [9.17, 15) is 9.18 Å². The monoisotopic (exact) mass is 435 g/mol. The van der Waals surface area contributed by atoms with E-state index in [4.69, 9.17) is 11.6 Å². The zero-order valence-electron chi connectivity index (χ0n) is 15.1. The van der Waals surface area contributed by atoms with Crippen LogP contribution < -0.4 is 4.90 Å². The van der Waals surface area contributed by atoms with E-state index < -0.39 is 0 Å². The summed E-state index contributed by atoms with van der Waals surface area (Å²) in [5.74, 6) is -0.134. The lowest BCUT2D eigenvalue weighted by atomic mass is 10.2. The van der Waals surface area contributed by atoms with Gasteiger partial charge in [-0.3, -0.25) is 4.79 Å². The molecule has 3 heterocycles. The Balaban J connectivity index is 1.36. The highest BCUT2D eigenvalue weighted by atomic mass is 35.5. The molecule has 28 heavy (non-hydrogen) atoms. The molecule has 1 fully saturated rings. The third-order valence-electron chi connectivity index (χ3n) is 4.71. The number of thiazole rings is 1. The SMILES string of the molecule is O=C(Cc1csc(-c2ccc(Cl)s2)n1)N1CCCN(c2ccc(F)cc2)CC1. The van der Waals surface area contributed by atoms with Gasteiger partial charge in [0, 0.05) is 37.2 Å².